The van der Waals surface area contributed by atoms with E-state index < -0.39 is 0 Å². The summed E-state index contributed by atoms with van der Waals surface area (Å²) in [6.07, 6.45) is 0. The molecule has 3 heteroatoms. The minimum absolute atomic E-state index is 0.158. The Balaban J connectivity index is 2.05. The van der Waals surface area contributed by atoms with E-state index in [2.05, 4.69) is 35.7 Å². The van der Waals surface area contributed by atoms with E-state index >= 15 is 0 Å². The highest BCUT2D eigenvalue weighted by atomic mass is 32.1. The average Bonchev–Trinajstić information content (AvgIpc) is 2.91. The van der Waals surface area contributed by atoms with Crippen LogP contribution in [0, 0.1) is 0 Å². The SMILES string of the molecule is CC(=O)N1Cc2ccccc2C(c2cccs2)C1. The molecule has 18 heavy (non-hydrogen) atoms. The molecule has 3 rings (SSSR count). The predicted molar refractivity (Wildman–Crippen MR) is 73.7 cm³/mol. The summed E-state index contributed by atoms with van der Waals surface area (Å²) < 4.78 is 0. The summed E-state index contributed by atoms with van der Waals surface area (Å²) in [4.78, 5) is 14.9. The van der Waals surface area contributed by atoms with Gasteiger partial charge in [0.15, 0.2) is 0 Å². The molecule has 0 fully saturated rings. The van der Waals surface area contributed by atoms with Gasteiger partial charge < -0.3 is 4.90 Å². The van der Waals surface area contributed by atoms with Crippen LogP contribution in [-0.2, 0) is 11.3 Å². The fourth-order valence-corrected chi connectivity index (χ4v) is 3.42. The van der Waals surface area contributed by atoms with Gasteiger partial charge in [0.2, 0.25) is 5.91 Å². The second-order valence-electron chi connectivity index (χ2n) is 4.67. The van der Waals surface area contributed by atoms with Crippen molar-refractivity contribution in [3.63, 3.8) is 0 Å². The molecule has 2 nitrogen and oxygen atoms in total. The minimum atomic E-state index is 0.158. The van der Waals surface area contributed by atoms with E-state index in [1.54, 1.807) is 18.3 Å². The lowest BCUT2D eigenvalue weighted by Gasteiger charge is -2.33. The number of rotatable bonds is 1. The van der Waals surface area contributed by atoms with Crippen molar-refractivity contribution < 1.29 is 4.79 Å². The third kappa shape index (κ3) is 1.95. The molecule has 1 amide bonds. The van der Waals surface area contributed by atoms with E-state index in [9.17, 15) is 4.79 Å². The molecule has 0 N–H and O–H groups in total. The number of nitrogens with zero attached hydrogens (tertiary/aromatic N) is 1. The maximum Gasteiger partial charge on any atom is 0.219 e. The number of thiophene rings is 1. The van der Waals surface area contributed by atoms with Crippen molar-refractivity contribution in [3.8, 4) is 0 Å². The first-order valence-electron chi connectivity index (χ1n) is 6.12. The zero-order valence-electron chi connectivity index (χ0n) is 10.3. The van der Waals surface area contributed by atoms with Crippen LogP contribution in [0.5, 0.6) is 0 Å². The lowest BCUT2D eigenvalue weighted by Crippen LogP contribution is -2.36. The Morgan fingerprint density at radius 2 is 2.11 bits per heavy atom. The molecule has 92 valence electrons. The molecule has 1 aliphatic rings. The maximum absolute atomic E-state index is 11.7. The van der Waals surface area contributed by atoms with Gasteiger partial charge in [0.25, 0.3) is 0 Å². The minimum Gasteiger partial charge on any atom is -0.338 e. The molecule has 0 saturated heterocycles. The van der Waals surface area contributed by atoms with Crippen LogP contribution in [0.3, 0.4) is 0 Å². The highest BCUT2D eigenvalue weighted by molar-refractivity contribution is 7.10. The quantitative estimate of drug-likeness (QED) is 0.768. The molecule has 1 atom stereocenters. The Morgan fingerprint density at radius 3 is 2.83 bits per heavy atom. The van der Waals surface area contributed by atoms with Gasteiger partial charge in [-0.05, 0) is 22.6 Å². The normalized spacial score (nSPS) is 18.5. The highest BCUT2D eigenvalue weighted by Gasteiger charge is 2.27. The van der Waals surface area contributed by atoms with Crippen molar-refractivity contribution in [2.75, 3.05) is 6.54 Å². The molecule has 0 aliphatic carbocycles. The summed E-state index contributed by atoms with van der Waals surface area (Å²) in [5, 5.41) is 2.10. The maximum atomic E-state index is 11.7. The smallest absolute Gasteiger partial charge is 0.219 e. The number of hydrogen-bond acceptors (Lipinski definition) is 2. The Kier molecular flexibility index (Phi) is 2.92. The van der Waals surface area contributed by atoms with Crippen LogP contribution in [-0.4, -0.2) is 17.4 Å². The van der Waals surface area contributed by atoms with Crippen molar-refractivity contribution in [1.29, 1.82) is 0 Å². The van der Waals surface area contributed by atoms with Gasteiger partial charge in [-0.25, -0.2) is 0 Å². The third-order valence-electron chi connectivity index (χ3n) is 3.53. The van der Waals surface area contributed by atoms with Crippen molar-refractivity contribution in [3.05, 3.63) is 57.8 Å². The van der Waals surface area contributed by atoms with E-state index in [0.29, 0.717) is 5.92 Å². The van der Waals surface area contributed by atoms with E-state index in [0.717, 1.165) is 13.1 Å². The van der Waals surface area contributed by atoms with Gasteiger partial charge in [0.05, 0.1) is 0 Å². The molecular formula is C15H15NOS. The average molecular weight is 257 g/mol. The largest absolute Gasteiger partial charge is 0.338 e. The summed E-state index contributed by atoms with van der Waals surface area (Å²) in [7, 11) is 0. The van der Waals surface area contributed by atoms with Crippen molar-refractivity contribution in [1.82, 2.24) is 4.90 Å². The molecule has 2 aromatic rings. The second kappa shape index (κ2) is 4.58. The molecule has 2 heterocycles. The first-order valence-corrected chi connectivity index (χ1v) is 7.00. The fourth-order valence-electron chi connectivity index (χ4n) is 2.58. The lowest BCUT2D eigenvalue weighted by atomic mass is 9.88. The van der Waals surface area contributed by atoms with Gasteiger partial charge in [-0.2, -0.15) is 0 Å². The topological polar surface area (TPSA) is 20.3 Å². The first-order chi connectivity index (χ1) is 8.75. The summed E-state index contributed by atoms with van der Waals surface area (Å²) in [5.74, 6) is 0.491. The van der Waals surface area contributed by atoms with E-state index in [1.165, 1.54) is 16.0 Å². The second-order valence-corrected chi connectivity index (χ2v) is 5.65. The van der Waals surface area contributed by atoms with E-state index in [1.807, 2.05) is 11.0 Å². The molecular weight excluding hydrogens is 242 g/mol. The van der Waals surface area contributed by atoms with Crippen LogP contribution in [0.25, 0.3) is 0 Å². The zero-order chi connectivity index (χ0) is 12.5. The predicted octanol–water partition coefficient (Wildman–Crippen LogP) is 3.24. The van der Waals surface area contributed by atoms with Crippen molar-refractivity contribution >= 4 is 17.2 Å². The fraction of sp³-hybridized carbons (Fsp3) is 0.267. The molecule has 0 spiro atoms. The summed E-state index contributed by atoms with van der Waals surface area (Å²) >= 11 is 1.77. The number of carbonyl (C=O) groups excluding carboxylic acids is 1. The lowest BCUT2D eigenvalue weighted by molar-refractivity contribution is -0.129. The monoisotopic (exact) mass is 257 g/mol. The summed E-state index contributed by atoms with van der Waals surface area (Å²) in [6.45, 7) is 3.19. The van der Waals surface area contributed by atoms with Crippen LogP contribution in [0.4, 0.5) is 0 Å². The van der Waals surface area contributed by atoms with Crippen LogP contribution in [0.15, 0.2) is 41.8 Å². The van der Waals surface area contributed by atoms with Gasteiger partial charge in [0, 0.05) is 30.8 Å². The Hall–Kier alpha value is -1.61. The third-order valence-corrected chi connectivity index (χ3v) is 4.51. The van der Waals surface area contributed by atoms with Crippen LogP contribution in [0.2, 0.25) is 0 Å². The number of fused-ring (bicyclic) bond motifs is 1. The number of hydrogen-bond donors (Lipinski definition) is 0. The van der Waals surface area contributed by atoms with Gasteiger partial charge >= 0.3 is 0 Å². The standard InChI is InChI=1S/C15H15NOS/c1-11(17)16-9-12-5-2-3-6-13(12)14(10-16)15-7-4-8-18-15/h2-8,14H,9-10H2,1H3. The molecule has 0 bridgehead atoms. The Labute approximate surface area is 111 Å². The first kappa shape index (κ1) is 11.5. The number of carbonyl (C=O) groups is 1. The van der Waals surface area contributed by atoms with E-state index in [4.69, 9.17) is 0 Å². The zero-order valence-corrected chi connectivity index (χ0v) is 11.1. The van der Waals surface area contributed by atoms with Gasteiger partial charge in [-0.1, -0.05) is 30.3 Å². The number of amides is 1. The summed E-state index contributed by atoms with van der Waals surface area (Å²) in [6, 6.07) is 12.7. The molecule has 1 aliphatic heterocycles. The molecule has 1 aromatic heterocycles. The highest BCUT2D eigenvalue weighted by Crippen LogP contribution is 2.35. The van der Waals surface area contributed by atoms with Gasteiger partial charge in [0.1, 0.15) is 0 Å². The van der Waals surface area contributed by atoms with Crippen LogP contribution >= 0.6 is 11.3 Å². The van der Waals surface area contributed by atoms with Crippen molar-refractivity contribution in [2.45, 2.75) is 19.4 Å². The summed E-state index contributed by atoms with van der Waals surface area (Å²) in [5.41, 5.74) is 2.65. The van der Waals surface area contributed by atoms with E-state index in [-0.39, 0.29) is 5.91 Å². The number of benzene rings is 1. The van der Waals surface area contributed by atoms with Gasteiger partial charge in [-0.3, -0.25) is 4.79 Å². The molecule has 0 radical (unpaired) electrons. The van der Waals surface area contributed by atoms with Crippen LogP contribution in [0.1, 0.15) is 28.8 Å². The van der Waals surface area contributed by atoms with Crippen molar-refractivity contribution in [2.24, 2.45) is 0 Å². The van der Waals surface area contributed by atoms with Gasteiger partial charge in [-0.15, -0.1) is 11.3 Å². The Morgan fingerprint density at radius 1 is 1.28 bits per heavy atom. The molecule has 0 saturated carbocycles. The van der Waals surface area contributed by atoms with Crippen LogP contribution < -0.4 is 0 Å². The molecule has 1 unspecified atom stereocenters. The Bertz CT molecular complexity index is 562. The molecule has 1 aromatic carbocycles.